The van der Waals surface area contributed by atoms with Gasteiger partial charge in [-0.05, 0) is 59.9 Å². The smallest absolute Gasteiger partial charge is 0.251 e. The first-order chi connectivity index (χ1) is 16.9. The number of hydrogen-bond acceptors (Lipinski definition) is 4. The first-order valence-electron chi connectivity index (χ1n) is 11.6. The second-order valence-corrected chi connectivity index (χ2v) is 9.93. The van der Waals surface area contributed by atoms with Crippen molar-refractivity contribution in [2.24, 2.45) is 0 Å². The summed E-state index contributed by atoms with van der Waals surface area (Å²) in [6, 6.07) is 17.3. The number of rotatable bonds is 6. The first kappa shape index (κ1) is 23.8. The van der Waals surface area contributed by atoms with Crippen LogP contribution in [0.1, 0.15) is 35.2 Å². The first-order valence-corrected chi connectivity index (χ1v) is 12.3. The van der Waals surface area contributed by atoms with Gasteiger partial charge in [-0.1, -0.05) is 59.6 Å². The molecule has 5 rings (SSSR count). The van der Waals surface area contributed by atoms with E-state index >= 15 is 0 Å². The topological polar surface area (TPSA) is 84.5 Å². The summed E-state index contributed by atoms with van der Waals surface area (Å²) in [6.45, 7) is -0.00808. The summed E-state index contributed by atoms with van der Waals surface area (Å²) in [6.07, 6.45) is 1.88. The summed E-state index contributed by atoms with van der Waals surface area (Å²) in [5, 5.41) is 8.51. The molecule has 2 aliphatic rings. The van der Waals surface area contributed by atoms with Gasteiger partial charge in [0.15, 0.2) is 5.78 Å². The molecule has 35 heavy (non-hydrogen) atoms. The monoisotopic (exact) mass is 510 g/mol. The average molecular weight is 511 g/mol. The molecule has 0 radical (unpaired) electrons. The number of carbonyl (C=O) groups is 3. The van der Waals surface area contributed by atoms with Crippen molar-refractivity contribution in [3.63, 3.8) is 0 Å². The normalized spacial score (nSPS) is 22.1. The minimum Gasteiger partial charge on any atom is -0.367 e. The maximum absolute atomic E-state index is 13.5. The predicted octanol–water partition coefficient (Wildman–Crippen LogP) is 4.49. The van der Waals surface area contributed by atoms with Gasteiger partial charge in [0.25, 0.3) is 5.91 Å². The van der Waals surface area contributed by atoms with Crippen LogP contribution in [0.25, 0.3) is 10.8 Å². The Morgan fingerprint density at radius 2 is 1.83 bits per heavy atom. The van der Waals surface area contributed by atoms with Crippen LogP contribution in [-0.4, -0.2) is 41.9 Å². The third-order valence-corrected chi connectivity index (χ3v) is 7.64. The number of amides is 2. The Labute approximate surface area is 212 Å². The number of carbonyl (C=O) groups excluding carboxylic acids is 3. The van der Waals surface area contributed by atoms with Crippen molar-refractivity contribution in [3.8, 4) is 0 Å². The van der Waals surface area contributed by atoms with Crippen molar-refractivity contribution < 1.29 is 19.1 Å². The van der Waals surface area contributed by atoms with Gasteiger partial charge < -0.3 is 15.4 Å². The Bertz CT molecular complexity index is 1330. The van der Waals surface area contributed by atoms with Gasteiger partial charge >= 0.3 is 0 Å². The number of nitrogens with one attached hydrogen (secondary N) is 2. The van der Waals surface area contributed by atoms with Crippen LogP contribution in [-0.2, 0) is 20.7 Å². The Morgan fingerprint density at radius 3 is 2.63 bits per heavy atom. The minimum atomic E-state index is -1.03. The molecule has 1 aliphatic carbocycles. The molecule has 3 aromatic carbocycles. The number of hydrogen-bond donors (Lipinski definition) is 2. The van der Waals surface area contributed by atoms with Crippen LogP contribution in [0.4, 0.5) is 0 Å². The van der Waals surface area contributed by atoms with Crippen molar-refractivity contribution in [3.05, 3.63) is 81.8 Å². The Hall–Kier alpha value is -2.93. The van der Waals surface area contributed by atoms with Gasteiger partial charge in [-0.2, -0.15) is 0 Å². The molecular formula is C27H24Cl2N2O4. The molecule has 1 heterocycles. The molecule has 0 bridgehead atoms. The number of halogens is 2. The van der Waals surface area contributed by atoms with Crippen LogP contribution in [0.2, 0.25) is 10.0 Å². The molecule has 2 amide bonds. The van der Waals surface area contributed by atoms with Crippen molar-refractivity contribution >= 4 is 51.6 Å². The van der Waals surface area contributed by atoms with E-state index in [9.17, 15) is 14.4 Å². The van der Waals surface area contributed by atoms with Crippen LogP contribution < -0.4 is 10.6 Å². The highest BCUT2D eigenvalue weighted by Gasteiger charge is 2.55. The van der Waals surface area contributed by atoms with E-state index in [0.717, 1.165) is 22.8 Å². The van der Waals surface area contributed by atoms with Gasteiger partial charge in [0.05, 0.1) is 16.1 Å². The third-order valence-electron chi connectivity index (χ3n) is 6.90. The molecule has 3 atom stereocenters. The highest BCUT2D eigenvalue weighted by Crippen LogP contribution is 2.38. The van der Waals surface area contributed by atoms with E-state index in [4.69, 9.17) is 27.9 Å². The van der Waals surface area contributed by atoms with E-state index in [0.29, 0.717) is 28.5 Å². The zero-order chi connectivity index (χ0) is 24.6. The molecule has 8 heteroatoms. The largest absolute Gasteiger partial charge is 0.367 e. The van der Waals surface area contributed by atoms with Gasteiger partial charge in [-0.3, -0.25) is 14.4 Å². The minimum absolute atomic E-state index is 0.00808. The Kier molecular flexibility index (Phi) is 6.53. The van der Waals surface area contributed by atoms with Crippen LogP contribution in [0, 0.1) is 0 Å². The van der Waals surface area contributed by atoms with Gasteiger partial charge in [-0.15, -0.1) is 0 Å². The van der Waals surface area contributed by atoms with E-state index in [1.165, 1.54) is 0 Å². The van der Waals surface area contributed by atoms with Gasteiger partial charge in [0.2, 0.25) is 5.91 Å². The number of ether oxygens (including phenoxy) is 1. The lowest BCUT2D eigenvalue weighted by molar-refractivity contribution is -0.131. The summed E-state index contributed by atoms with van der Waals surface area (Å²) in [4.78, 5) is 39.4. The van der Waals surface area contributed by atoms with E-state index in [1.807, 2.05) is 30.3 Å². The summed E-state index contributed by atoms with van der Waals surface area (Å²) >= 11 is 12.2. The van der Waals surface area contributed by atoms with E-state index in [-0.39, 0.29) is 30.8 Å². The third kappa shape index (κ3) is 4.66. The molecule has 1 saturated heterocycles. The zero-order valence-electron chi connectivity index (χ0n) is 18.9. The fourth-order valence-electron chi connectivity index (χ4n) is 5.03. The highest BCUT2D eigenvalue weighted by molar-refractivity contribution is 6.42. The molecule has 6 nitrogen and oxygen atoms in total. The maximum atomic E-state index is 13.5. The van der Waals surface area contributed by atoms with E-state index < -0.39 is 17.5 Å². The van der Waals surface area contributed by atoms with Crippen molar-refractivity contribution in [1.82, 2.24) is 10.6 Å². The SMILES string of the molecule is O=C(NC(Cc1ccc(Cl)c(Cl)c1)C(=O)NC12CCCC1OCC2=O)c1ccc2ccccc2c1. The molecule has 2 N–H and O–H groups in total. The van der Waals surface area contributed by atoms with Gasteiger partial charge in [0, 0.05) is 12.0 Å². The van der Waals surface area contributed by atoms with Crippen LogP contribution >= 0.6 is 23.2 Å². The molecule has 0 aromatic heterocycles. The zero-order valence-corrected chi connectivity index (χ0v) is 20.4. The van der Waals surface area contributed by atoms with Crippen molar-refractivity contribution in [1.29, 1.82) is 0 Å². The summed E-state index contributed by atoms with van der Waals surface area (Å²) in [5.41, 5.74) is 0.140. The van der Waals surface area contributed by atoms with E-state index in [2.05, 4.69) is 10.6 Å². The fraction of sp³-hybridized carbons (Fsp3) is 0.296. The van der Waals surface area contributed by atoms with Crippen LogP contribution in [0.5, 0.6) is 0 Å². The number of fused-ring (bicyclic) bond motifs is 2. The lowest BCUT2D eigenvalue weighted by atomic mass is 9.91. The molecule has 3 aromatic rings. The number of Topliss-reactive ketones (excluding diaryl/α,β-unsaturated/α-hetero) is 1. The predicted molar refractivity (Wildman–Crippen MR) is 135 cm³/mol. The molecule has 0 spiro atoms. The second kappa shape index (κ2) is 9.61. The fourth-order valence-corrected chi connectivity index (χ4v) is 5.35. The molecule has 1 aliphatic heterocycles. The Morgan fingerprint density at radius 1 is 1.03 bits per heavy atom. The summed E-state index contributed by atoms with van der Waals surface area (Å²) < 4.78 is 5.63. The second-order valence-electron chi connectivity index (χ2n) is 9.12. The van der Waals surface area contributed by atoms with Crippen molar-refractivity contribution in [2.75, 3.05) is 6.61 Å². The standard InChI is InChI=1S/C27H24Cl2N2O4/c28-20-10-7-16(12-21(20)29)13-22(26(34)31-27-11-3-6-24(27)35-15-23(27)32)30-25(33)19-9-8-17-4-1-2-5-18(17)14-19/h1-2,4-5,7-10,12,14,22,24H,3,6,11,13,15H2,(H,30,33)(H,31,34). The van der Waals surface area contributed by atoms with E-state index in [1.54, 1.807) is 30.3 Å². The number of benzene rings is 3. The summed E-state index contributed by atoms with van der Waals surface area (Å²) in [7, 11) is 0. The lowest BCUT2D eigenvalue weighted by Crippen LogP contribution is -2.60. The summed E-state index contributed by atoms with van der Waals surface area (Å²) in [5.74, 6) is -0.941. The molecular weight excluding hydrogens is 487 g/mol. The number of ketones is 1. The maximum Gasteiger partial charge on any atom is 0.251 e. The quantitative estimate of drug-likeness (QED) is 0.511. The molecule has 1 saturated carbocycles. The van der Waals surface area contributed by atoms with Gasteiger partial charge in [-0.25, -0.2) is 0 Å². The lowest BCUT2D eigenvalue weighted by Gasteiger charge is -2.30. The van der Waals surface area contributed by atoms with Crippen LogP contribution in [0.15, 0.2) is 60.7 Å². The highest BCUT2D eigenvalue weighted by atomic mass is 35.5. The van der Waals surface area contributed by atoms with Crippen LogP contribution in [0.3, 0.4) is 0 Å². The molecule has 180 valence electrons. The average Bonchev–Trinajstić information content (AvgIpc) is 3.39. The molecule has 3 unspecified atom stereocenters. The molecule has 2 fully saturated rings. The van der Waals surface area contributed by atoms with Crippen molar-refractivity contribution in [2.45, 2.75) is 43.4 Å². The Balaban J connectivity index is 1.41. The van der Waals surface area contributed by atoms with Gasteiger partial charge in [0.1, 0.15) is 18.2 Å².